The Morgan fingerprint density at radius 1 is 0.800 bits per heavy atom. The predicted octanol–water partition coefficient (Wildman–Crippen LogP) is 12.5. The van der Waals surface area contributed by atoms with Crippen LogP contribution in [0.4, 0.5) is 4.79 Å². The molecule has 1 fully saturated rings. The third kappa shape index (κ3) is 21.9. The molecule has 4 atom stereocenters. The van der Waals surface area contributed by atoms with Crippen molar-refractivity contribution in [3.05, 3.63) is 111 Å². The molecule has 0 bridgehead atoms. The number of unbranched alkanes of at least 4 members (excludes halogenated alkanes) is 13. The molecule has 0 aromatic heterocycles. The Kier molecular flexibility index (Phi) is 27.1. The van der Waals surface area contributed by atoms with Crippen LogP contribution in [0.2, 0.25) is 0 Å². The van der Waals surface area contributed by atoms with E-state index in [0.29, 0.717) is 37.3 Å². The number of guanidine groups is 1. The first-order chi connectivity index (χ1) is 37.9. The Balaban J connectivity index is 0.000000273. The normalized spacial score (nSPS) is 16.8. The zero-order valence-corrected chi connectivity index (χ0v) is 50.1. The van der Waals surface area contributed by atoms with E-state index < -0.39 is 40.1 Å². The highest BCUT2D eigenvalue weighted by molar-refractivity contribution is 7.93. The Labute approximate surface area is 477 Å². The first-order valence-corrected chi connectivity index (χ1v) is 30.5. The van der Waals surface area contributed by atoms with E-state index in [9.17, 15) is 33.0 Å². The summed E-state index contributed by atoms with van der Waals surface area (Å²) in [5, 5.41) is 39.9. The highest BCUT2D eigenvalue weighted by Crippen LogP contribution is 2.50. The third-order valence-corrected chi connectivity index (χ3v) is 16.7. The molecular weight excluding hydrogens is 1030 g/mol. The monoisotopic (exact) mass is 1130 g/mol. The van der Waals surface area contributed by atoms with Crippen LogP contribution in [0.1, 0.15) is 194 Å². The largest absolute Gasteiger partial charge is 0.492 e. The first-order valence-electron chi connectivity index (χ1n) is 29.1. The van der Waals surface area contributed by atoms with Gasteiger partial charge in [0, 0.05) is 31.4 Å². The number of benzene rings is 3. The standard InChI is InChI=1S/C28H29NO5.C19H32N4O5S.C16H34O/c1-28(2,3)34-21-13-11-18(12-14-21)15-25(26(30)31)29-27(32)33-17-20-8-6-10-23-22-9-5-4-7-19(22)16-24(20)23;1-10-11(2)16(12(3)13-9-19(4,5)28-15(10)13)29(26,27)23-14(17(24)25)7-6-8-22-18(20)21;1-2-3-4-5-6-7-8-9-10-11-12-13-14-15-16-17/h4-14,25H,15-17H2,1-3H3,(H,29,32)(H,30,31);12-14,23H,6-9H2,1-5H3,(H,24,25)(H4,20,21,22);17H,2-16H2,1H3. The Bertz CT molecular complexity index is 2650. The molecule has 80 heavy (non-hydrogen) atoms. The first kappa shape index (κ1) is 66.6. The van der Waals surface area contributed by atoms with Crippen molar-refractivity contribution in [2.45, 2.75) is 214 Å². The van der Waals surface area contributed by atoms with E-state index in [4.69, 9.17) is 30.5 Å². The quantitative estimate of drug-likeness (QED) is 0.0143. The molecular formula is C63H95N5O11S. The summed E-state index contributed by atoms with van der Waals surface area (Å²) >= 11 is 0. The van der Waals surface area contributed by atoms with Crippen LogP contribution in [0.3, 0.4) is 0 Å². The molecule has 0 radical (unpaired) electrons. The maximum atomic E-state index is 13.2. The zero-order chi connectivity index (χ0) is 59.0. The van der Waals surface area contributed by atoms with Crippen molar-refractivity contribution in [2.24, 2.45) is 17.6 Å². The number of carboxylic acids is 2. The van der Waals surface area contributed by atoms with Gasteiger partial charge >= 0.3 is 18.0 Å². The van der Waals surface area contributed by atoms with E-state index in [1.807, 2.05) is 72.7 Å². The van der Waals surface area contributed by atoms with E-state index in [1.165, 1.54) is 94.6 Å². The van der Waals surface area contributed by atoms with Gasteiger partial charge in [-0.25, -0.2) is 18.0 Å². The molecule has 3 aromatic carbocycles. The zero-order valence-electron chi connectivity index (χ0n) is 49.3. The minimum absolute atomic E-state index is 0.0525. The number of amides is 1. The number of hydrogen-bond donors (Lipinski definition) is 8. The van der Waals surface area contributed by atoms with Gasteiger partial charge in [0.1, 0.15) is 41.4 Å². The Hall–Kier alpha value is -5.91. The topological polar surface area (TPSA) is 260 Å². The maximum Gasteiger partial charge on any atom is 0.408 e. The highest BCUT2D eigenvalue weighted by Gasteiger charge is 2.47. The van der Waals surface area contributed by atoms with Crippen LogP contribution in [0, 0.1) is 17.2 Å². The summed E-state index contributed by atoms with van der Waals surface area (Å²) in [7, 11) is -4.02. The number of sulfonamides is 1. The Morgan fingerprint density at radius 2 is 1.38 bits per heavy atom. The van der Waals surface area contributed by atoms with Crippen molar-refractivity contribution in [1.29, 1.82) is 5.41 Å². The minimum atomic E-state index is -4.02. The van der Waals surface area contributed by atoms with Gasteiger partial charge in [-0.1, -0.05) is 152 Å². The fourth-order valence-electron chi connectivity index (χ4n) is 10.6. The lowest BCUT2D eigenvalue weighted by molar-refractivity contribution is -0.140. The molecule has 4 unspecified atom stereocenters. The molecule has 2 aliphatic carbocycles. The molecule has 17 heteroatoms. The van der Waals surface area contributed by atoms with E-state index in [0.717, 1.165) is 46.4 Å². The highest BCUT2D eigenvalue weighted by atomic mass is 32.2. The molecule has 1 heterocycles. The number of rotatable bonds is 29. The predicted molar refractivity (Wildman–Crippen MR) is 318 cm³/mol. The SMILES string of the molecule is CC(C)(C)Oc1ccc(CC(NC(=O)OCc2cccc3c2Cc2ccccc2-3)C(=O)O)cc1.CC1=C2OC(C)(C)CC2C(C)C(S(=O)(=O)NC(CCCNC(=N)N)C(=O)O)=C1C.CCCCCCCCCCCCCCCCO. The number of alkyl carbamates (subject to hydrolysis) is 1. The van der Waals surface area contributed by atoms with Gasteiger partial charge in [0.05, 0.1) is 4.91 Å². The van der Waals surface area contributed by atoms with E-state index >= 15 is 0 Å². The molecule has 0 spiro atoms. The van der Waals surface area contributed by atoms with Gasteiger partial charge in [0.2, 0.25) is 10.0 Å². The van der Waals surface area contributed by atoms with E-state index in [2.05, 4.69) is 40.5 Å². The summed E-state index contributed by atoms with van der Waals surface area (Å²) in [6, 6.07) is 19.0. The molecule has 444 valence electrons. The number of aliphatic hydroxyl groups is 1. The fraction of sp³-hybridized carbons (Fsp3) is 0.587. The van der Waals surface area contributed by atoms with E-state index in [1.54, 1.807) is 31.2 Å². The summed E-state index contributed by atoms with van der Waals surface area (Å²) in [5.74, 6) is -1.41. The van der Waals surface area contributed by atoms with Gasteiger partial charge in [-0.2, -0.15) is 4.72 Å². The number of aliphatic hydroxyl groups excluding tert-OH is 1. The van der Waals surface area contributed by atoms with Crippen molar-refractivity contribution >= 4 is 34.0 Å². The maximum absolute atomic E-state index is 13.2. The third-order valence-electron chi connectivity index (χ3n) is 14.8. The van der Waals surface area contributed by atoms with Crippen molar-refractivity contribution in [3.8, 4) is 16.9 Å². The summed E-state index contributed by atoms with van der Waals surface area (Å²) in [6.07, 6.45) is 20.5. The number of hydrogen-bond acceptors (Lipinski definition) is 10. The number of carbonyl (C=O) groups excluding carboxylic acids is 1. The van der Waals surface area contributed by atoms with Crippen LogP contribution in [0.15, 0.2) is 88.5 Å². The van der Waals surface area contributed by atoms with Crippen molar-refractivity contribution in [1.82, 2.24) is 15.4 Å². The summed E-state index contributed by atoms with van der Waals surface area (Å²) in [5.41, 5.74) is 12.4. The van der Waals surface area contributed by atoms with Crippen LogP contribution in [0.5, 0.6) is 5.75 Å². The van der Waals surface area contributed by atoms with Crippen molar-refractivity contribution in [3.63, 3.8) is 0 Å². The minimum Gasteiger partial charge on any atom is -0.492 e. The molecule has 16 nitrogen and oxygen atoms in total. The number of ether oxygens (including phenoxy) is 3. The second-order valence-electron chi connectivity index (χ2n) is 23.2. The average Bonchev–Trinajstić information content (AvgIpc) is 4.07. The molecule has 3 aromatic rings. The molecule has 9 N–H and O–H groups in total. The average molecular weight is 1130 g/mol. The molecule has 6 rings (SSSR count). The van der Waals surface area contributed by atoms with Crippen LogP contribution in [0.25, 0.3) is 11.1 Å². The molecule has 1 aliphatic heterocycles. The molecule has 1 saturated heterocycles. The van der Waals surface area contributed by atoms with Gasteiger partial charge in [0.25, 0.3) is 0 Å². The van der Waals surface area contributed by atoms with Crippen LogP contribution >= 0.6 is 0 Å². The van der Waals surface area contributed by atoms with E-state index in [-0.39, 0.29) is 53.4 Å². The summed E-state index contributed by atoms with van der Waals surface area (Å²) in [6.45, 7) is 18.3. The van der Waals surface area contributed by atoms with Crippen LogP contribution in [-0.2, 0) is 48.5 Å². The lowest BCUT2D eigenvalue weighted by atomic mass is 9.79. The number of allylic oxidation sites excluding steroid dienone is 4. The number of nitrogens with two attached hydrogens (primary N) is 1. The lowest BCUT2D eigenvalue weighted by Gasteiger charge is -2.31. The number of fused-ring (bicyclic) bond motifs is 4. The second-order valence-corrected chi connectivity index (χ2v) is 24.9. The molecule has 3 aliphatic rings. The lowest BCUT2D eigenvalue weighted by Crippen LogP contribution is -2.43. The second kappa shape index (κ2) is 32.5. The van der Waals surface area contributed by atoms with Crippen molar-refractivity contribution < 1.29 is 52.3 Å². The summed E-state index contributed by atoms with van der Waals surface area (Å²) in [4.78, 5) is 36.0. The van der Waals surface area contributed by atoms with Gasteiger partial charge in [-0.05, 0) is 137 Å². The van der Waals surface area contributed by atoms with Gasteiger partial charge in [-0.3, -0.25) is 10.2 Å². The number of aliphatic carboxylic acids is 2. The summed E-state index contributed by atoms with van der Waals surface area (Å²) < 4.78 is 46.0. The number of nitrogens with one attached hydrogen (secondary N) is 4. The van der Waals surface area contributed by atoms with Crippen LogP contribution in [-0.4, -0.2) is 84.2 Å². The van der Waals surface area contributed by atoms with Gasteiger partial charge < -0.3 is 45.9 Å². The fourth-order valence-corrected chi connectivity index (χ4v) is 12.6. The molecule has 1 amide bonds. The Morgan fingerprint density at radius 3 is 1.94 bits per heavy atom. The molecule has 0 saturated carbocycles. The van der Waals surface area contributed by atoms with Gasteiger partial charge in [0.15, 0.2) is 5.96 Å². The number of carbonyl (C=O) groups is 3. The number of carboxylic acid groups (broad SMARTS) is 2. The van der Waals surface area contributed by atoms with Crippen molar-refractivity contribution in [2.75, 3.05) is 13.2 Å². The smallest absolute Gasteiger partial charge is 0.408 e. The van der Waals surface area contributed by atoms with Gasteiger partial charge in [-0.15, -0.1) is 0 Å². The van der Waals surface area contributed by atoms with Crippen LogP contribution < -0.4 is 25.8 Å².